The fourth-order valence-electron chi connectivity index (χ4n) is 4.56. The van der Waals surface area contributed by atoms with E-state index in [4.69, 9.17) is 18.9 Å². The Morgan fingerprint density at radius 3 is 2.50 bits per heavy atom. The van der Waals surface area contributed by atoms with Crippen LogP contribution >= 0.6 is 11.3 Å². The number of ether oxygens (including phenoxy) is 4. The Balaban J connectivity index is 1.51. The number of carbonyl (C=O) groups excluding carboxylic acids is 2. The van der Waals surface area contributed by atoms with Crippen molar-refractivity contribution in [3.05, 3.63) is 76.0 Å². The van der Waals surface area contributed by atoms with Crippen LogP contribution in [0, 0.1) is 0 Å². The molecule has 0 saturated carbocycles. The Hall–Kier alpha value is -3.56. The van der Waals surface area contributed by atoms with Crippen LogP contribution in [-0.2, 0) is 16.0 Å². The van der Waals surface area contributed by atoms with Crippen LogP contribution in [-0.4, -0.2) is 75.8 Å². The highest BCUT2D eigenvalue weighted by atomic mass is 32.1. The average molecular weight is 539 g/mol. The van der Waals surface area contributed by atoms with Crippen molar-refractivity contribution in [1.82, 2.24) is 9.80 Å². The van der Waals surface area contributed by atoms with Crippen LogP contribution in [0.1, 0.15) is 33.3 Å². The van der Waals surface area contributed by atoms with E-state index in [9.17, 15) is 9.59 Å². The molecule has 202 valence electrons. The van der Waals surface area contributed by atoms with Crippen molar-refractivity contribution >= 4 is 23.2 Å². The largest absolute Gasteiger partial charge is 0.497 e. The van der Waals surface area contributed by atoms with E-state index in [0.717, 1.165) is 12.0 Å². The first kappa shape index (κ1) is 27.5. The van der Waals surface area contributed by atoms with Gasteiger partial charge >= 0.3 is 0 Å². The van der Waals surface area contributed by atoms with Gasteiger partial charge in [-0.2, -0.15) is 0 Å². The van der Waals surface area contributed by atoms with Gasteiger partial charge in [0.05, 0.1) is 20.3 Å². The summed E-state index contributed by atoms with van der Waals surface area (Å²) in [5.74, 6) is 1.74. The summed E-state index contributed by atoms with van der Waals surface area (Å²) in [5, 5.41) is 2.06. The van der Waals surface area contributed by atoms with E-state index in [1.807, 2.05) is 29.2 Å². The molecule has 2 heterocycles. The van der Waals surface area contributed by atoms with E-state index >= 15 is 0 Å². The predicted octanol–water partition coefficient (Wildman–Crippen LogP) is 4.45. The molecule has 8 nitrogen and oxygen atoms in total. The summed E-state index contributed by atoms with van der Waals surface area (Å²) in [6, 6.07) is 16.2. The molecule has 0 unspecified atom stereocenters. The zero-order valence-corrected chi connectivity index (χ0v) is 22.9. The Bertz CT molecular complexity index is 1210. The predicted molar refractivity (Wildman–Crippen MR) is 146 cm³/mol. The van der Waals surface area contributed by atoms with Gasteiger partial charge in [-0.05, 0) is 66.2 Å². The number of nitrogens with zero attached hydrogens (tertiary/aromatic N) is 2. The lowest BCUT2D eigenvalue weighted by molar-refractivity contribution is -0.135. The minimum atomic E-state index is -0.249. The highest BCUT2D eigenvalue weighted by Gasteiger charge is 2.33. The summed E-state index contributed by atoms with van der Waals surface area (Å²) in [5.41, 5.74) is 1.61. The number of hydrogen-bond acceptors (Lipinski definition) is 7. The maximum Gasteiger partial charge on any atom is 0.254 e. The summed E-state index contributed by atoms with van der Waals surface area (Å²) >= 11 is 1.70. The van der Waals surface area contributed by atoms with Crippen molar-refractivity contribution in [3.8, 4) is 17.2 Å². The Morgan fingerprint density at radius 1 is 1.00 bits per heavy atom. The van der Waals surface area contributed by atoms with E-state index in [-0.39, 0.29) is 24.4 Å². The molecule has 38 heavy (non-hydrogen) atoms. The third kappa shape index (κ3) is 6.65. The summed E-state index contributed by atoms with van der Waals surface area (Å²) < 4.78 is 21.9. The van der Waals surface area contributed by atoms with Gasteiger partial charge in [0.2, 0.25) is 5.91 Å². The van der Waals surface area contributed by atoms with Gasteiger partial charge < -0.3 is 28.7 Å². The second kappa shape index (κ2) is 13.3. The maximum absolute atomic E-state index is 13.7. The van der Waals surface area contributed by atoms with E-state index in [1.54, 1.807) is 61.8 Å². The normalized spacial score (nSPS) is 14.5. The molecule has 9 heteroatoms. The van der Waals surface area contributed by atoms with Crippen molar-refractivity contribution in [2.45, 2.75) is 18.9 Å². The molecular weight excluding hydrogens is 504 g/mol. The summed E-state index contributed by atoms with van der Waals surface area (Å²) in [6.45, 7) is 1.76. The van der Waals surface area contributed by atoms with Gasteiger partial charge in [-0.15, -0.1) is 11.3 Å². The van der Waals surface area contributed by atoms with Crippen molar-refractivity contribution in [2.75, 3.05) is 54.2 Å². The van der Waals surface area contributed by atoms with Gasteiger partial charge in [-0.25, -0.2) is 0 Å². The molecule has 1 atom stereocenters. The third-order valence-electron chi connectivity index (χ3n) is 6.59. The van der Waals surface area contributed by atoms with Crippen molar-refractivity contribution in [2.24, 2.45) is 0 Å². The van der Waals surface area contributed by atoms with Crippen LogP contribution < -0.4 is 14.2 Å². The molecule has 0 saturated heterocycles. The molecular formula is C29H34N2O6S. The highest BCUT2D eigenvalue weighted by molar-refractivity contribution is 7.10. The number of rotatable bonds is 12. The first-order valence-corrected chi connectivity index (χ1v) is 13.5. The first-order valence-electron chi connectivity index (χ1n) is 12.6. The fourth-order valence-corrected chi connectivity index (χ4v) is 5.49. The molecule has 0 spiro atoms. The fraction of sp³-hybridized carbons (Fsp3) is 0.379. The lowest BCUT2D eigenvalue weighted by Gasteiger charge is -2.37. The monoisotopic (exact) mass is 538 g/mol. The van der Waals surface area contributed by atoms with Crippen LogP contribution in [0.25, 0.3) is 0 Å². The molecule has 1 aliphatic heterocycles. The van der Waals surface area contributed by atoms with Crippen LogP contribution in [0.5, 0.6) is 17.2 Å². The van der Waals surface area contributed by atoms with E-state index < -0.39 is 0 Å². The lowest BCUT2D eigenvalue weighted by Crippen LogP contribution is -2.48. The molecule has 1 aliphatic rings. The van der Waals surface area contributed by atoms with Gasteiger partial charge in [0.15, 0.2) is 0 Å². The number of amides is 2. The number of hydrogen-bond donors (Lipinski definition) is 0. The zero-order valence-electron chi connectivity index (χ0n) is 22.1. The van der Waals surface area contributed by atoms with Gasteiger partial charge in [0, 0.05) is 43.3 Å². The van der Waals surface area contributed by atoms with Crippen LogP contribution in [0.2, 0.25) is 0 Å². The average Bonchev–Trinajstić information content (AvgIpc) is 3.44. The second-order valence-corrected chi connectivity index (χ2v) is 9.94. The van der Waals surface area contributed by atoms with E-state index in [0.29, 0.717) is 55.5 Å². The Labute approximate surface area is 227 Å². The quantitative estimate of drug-likeness (QED) is 0.317. The van der Waals surface area contributed by atoms with E-state index in [1.165, 1.54) is 4.88 Å². The van der Waals surface area contributed by atoms with Crippen molar-refractivity contribution < 1.29 is 28.5 Å². The smallest absolute Gasteiger partial charge is 0.254 e. The minimum absolute atomic E-state index is 0.0241. The van der Waals surface area contributed by atoms with Gasteiger partial charge in [0.25, 0.3) is 5.91 Å². The molecule has 0 aliphatic carbocycles. The number of benzene rings is 2. The van der Waals surface area contributed by atoms with Gasteiger partial charge in [0.1, 0.15) is 30.4 Å². The third-order valence-corrected chi connectivity index (χ3v) is 7.59. The molecule has 0 N–H and O–H groups in total. The van der Waals surface area contributed by atoms with Crippen molar-refractivity contribution in [3.63, 3.8) is 0 Å². The maximum atomic E-state index is 13.7. The topological polar surface area (TPSA) is 77.5 Å². The van der Waals surface area contributed by atoms with Crippen LogP contribution in [0.3, 0.4) is 0 Å². The molecule has 2 amide bonds. The molecule has 4 rings (SSSR count). The second-order valence-electron chi connectivity index (χ2n) is 8.94. The van der Waals surface area contributed by atoms with Crippen LogP contribution in [0.4, 0.5) is 0 Å². The summed E-state index contributed by atoms with van der Waals surface area (Å²) in [6.07, 6.45) is 1.41. The molecule has 2 aromatic carbocycles. The Morgan fingerprint density at radius 2 is 1.76 bits per heavy atom. The van der Waals surface area contributed by atoms with Gasteiger partial charge in [-0.1, -0.05) is 6.07 Å². The van der Waals surface area contributed by atoms with Gasteiger partial charge in [-0.3, -0.25) is 9.59 Å². The standard InChI is InChI=1S/C29H34N2O6S/c1-34-16-5-14-30(29(33)21-8-10-22(35-2)11-9-21)19-28(32)31-15-12-27-25(13-17-38-27)26(31)20-37-24-7-4-6-23(18-24)36-3/h4,6-11,13,17-18,26H,5,12,14-16,19-20H2,1-3H3/t26-/m1/s1. The number of carbonyl (C=O) groups is 2. The SMILES string of the molecule is COCCCN(CC(=O)N1CCc2sccc2[C@H]1COc1cccc(OC)c1)C(=O)c1ccc(OC)cc1. The number of thiophene rings is 1. The molecule has 0 radical (unpaired) electrons. The number of methoxy groups -OCH3 is 3. The zero-order chi connectivity index (χ0) is 26.9. The molecule has 1 aromatic heterocycles. The Kier molecular flexibility index (Phi) is 9.62. The molecule has 0 bridgehead atoms. The summed E-state index contributed by atoms with van der Waals surface area (Å²) in [7, 11) is 4.82. The highest BCUT2D eigenvalue weighted by Crippen LogP contribution is 2.34. The summed E-state index contributed by atoms with van der Waals surface area (Å²) in [4.78, 5) is 31.9. The number of fused-ring (bicyclic) bond motifs is 1. The van der Waals surface area contributed by atoms with Crippen LogP contribution in [0.15, 0.2) is 60.0 Å². The molecule has 3 aromatic rings. The lowest BCUT2D eigenvalue weighted by atomic mass is 10.0. The first-order chi connectivity index (χ1) is 18.5. The molecule has 0 fully saturated rings. The van der Waals surface area contributed by atoms with E-state index in [2.05, 4.69) is 11.4 Å². The minimum Gasteiger partial charge on any atom is -0.497 e. The van der Waals surface area contributed by atoms with Crippen molar-refractivity contribution in [1.29, 1.82) is 0 Å².